The number of nitrogens with two attached hydrogens (primary N) is 1. The summed E-state index contributed by atoms with van der Waals surface area (Å²) in [7, 11) is -7.82. The van der Waals surface area contributed by atoms with Crippen LogP contribution in [0.3, 0.4) is 0 Å². The van der Waals surface area contributed by atoms with Crippen LogP contribution in [0.4, 0.5) is 0 Å². The molecule has 2 saturated heterocycles. The van der Waals surface area contributed by atoms with Crippen molar-refractivity contribution < 1.29 is 92.0 Å². The van der Waals surface area contributed by atoms with Crippen molar-refractivity contribution in [2.45, 2.75) is 169 Å². The van der Waals surface area contributed by atoms with Crippen LogP contribution in [0, 0.1) is 35.5 Å². The number of ether oxygens (including phenoxy) is 4. The third-order valence-corrected chi connectivity index (χ3v) is 46.3. The molecule has 5 fully saturated rings. The number of carbonyl (C=O) groups excluding carboxylic acids is 6. The van der Waals surface area contributed by atoms with E-state index in [1.165, 1.54) is 71.0 Å². The number of carbonyl (C=O) groups is 6. The summed E-state index contributed by atoms with van der Waals surface area (Å²) in [5, 5.41) is 15.0. The van der Waals surface area contributed by atoms with E-state index in [1.54, 1.807) is 28.5 Å². The van der Waals surface area contributed by atoms with Crippen LogP contribution in [0.5, 0.6) is 5.75 Å². The number of ketones is 3. The first-order valence-electron chi connectivity index (χ1n) is 51.6. The van der Waals surface area contributed by atoms with Gasteiger partial charge in [0.05, 0.1) is 38.5 Å². The van der Waals surface area contributed by atoms with E-state index < -0.39 is 61.4 Å². The number of thioether (sulfide) groups is 1. The normalized spacial score (nSPS) is 22.2. The molecular formula is C121H139ClN9NaO13SSi3. The number of hydrazine groups is 3. The number of nitrogens with zero attached hydrogens (tertiary/aromatic N) is 5. The van der Waals surface area contributed by atoms with Gasteiger partial charge in [0.2, 0.25) is 5.91 Å². The molecule has 3 saturated carbocycles. The van der Waals surface area contributed by atoms with Crippen LogP contribution in [0.25, 0.3) is 0 Å². The molecular weight excluding hydrogens is 1960 g/mol. The molecule has 6 heterocycles. The fourth-order valence-electron chi connectivity index (χ4n) is 21.5. The number of rotatable bonds is 34. The number of benzene rings is 11. The first-order valence-corrected chi connectivity index (χ1v) is 58.7. The summed E-state index contributed by atoms with van der Waals surface area (Å²) in [5.74, 6) is 8.94. The SMILES string of the molecule is C=CCOc1cccc2c1C(Cl)c1ccccc1SC2.CC(C)(C)[Si](OCC1CC1CN1CNN2C=CC(=O)C(OCc3ccccc3)C2C1=O)(c1ccccc1)c1ccccc1.CC(C)(C)[Si](OCC1CC1CN1CNN2C=CC(=O)C(OCc3ccccc3)C2C1=O)(c1ccccc1)c1ccccc1.CC(C)(C)[Si](OCC1CC1CNC(=O)C1C(OCc2ccccc2)C(=O)C=CN1N)(c1ccccc1)c1ccccc1.[H-].[Na+]. The largest absolute Gasteiger partial charge is 1.00 e. The number of halogens is 1. The Hall–Kier alpha value is -11.1. The van der Waals surface area contributed by atoms with Crippen molar-refractivity contribution in [3.05, 3.63) is 398 Å². The molecule has 11 aromatic carbocycles. The van der Waals surface area contributed by atoms with Crippen LogP contribution in [-0.2, 0) is 81.8 Å². The zero-order chi connectivity index (χ0) is 104. The summed E-state index contributed by atoms with van der Waals surface area (Å²) < 4.78 is 45.2. The van der Waals surface area contributed by atoms with E-state index in [-0.39, 0.29) is 106 Å². The molecule has 9 aliphatic rings. The number of amides is 3. The van der Waals surface area contributed by atoms with Crippen LogP contribution in [0.2, 0.25) is 15.1 Å². The van der Waals surface area contributed by atoms with E-state index in [2.05, 4.69) is 279 Å². The molecule has 5 N–H and O–H groups in total. The van der Waals surface area contributed by atoms with Crippen molar-refractivity contribution in [2.75, 3.05) is 59.4 Å². The summed E-state index contributed by atoms with van der Waals surface area (Å²) in [6.45, 7) is 30.1. The van der Waals surface area contributed by atoms with E-state index in [1.807, 2.05) is 143 Å². The van der Waals surface area contributed by atoms with E-state index >= 15 is 0 Å². The van der Waals surface area contributed by atoms with Gasteiger partial charge in [-0.25, -0.2) is 16.7 Å². The summed E-state index contributed by atoms with van der Waals surface area (Å²) in [4.78, 5) is 84.2. The van der Waals surface area contributed by atoms with Crippen LogP contribution < -0.4 is 87.4 Å². The van der Waals surface area contributed by atoms with Crippen LogP contribution >= 0.6 is 23.4 Å². The third kappa shape index (κ3) is 25.8. The molecule has 0 bridgehead atoms. The molecule has 3 amide bonds. The fourth-order valence-corrected chi connectivity index (χ4v) is 37.0. The van der Waals surface area contributed by atoms with Crippen molar-refractivity contribution in [1.29, 1.82) is 0 Å². The number of alkyl halides is 1. The first-order chi connectivity index (χ1) is 71.6. The quantitative estimate of drug-likeness (QED) is 0.0127. The maximum Gasteiger partial charge on any atom is 1.00 e. The topological polar surface area (TPSA) is 245 Å². The minimum Gasteiger partial charge on any atom is -1.00 e. The summed E-state index contributed by atoms with van der Waals surface area (Å²) in [6, 6.07) is 105. The Balaban J connectivity index is 0.000000153. The van der Waals surface area contributed by atoms with Crippen molar-refractivity contribution in [3.8, 4) is 5.75 Å². The molecule has 0 spiro atoms. The van der Waals surface area contributed by atoms with Gasteiger partial charge in [0.1, 0.15) is 12.4 Å². The van der Waals surface area contributed by atoms with Gasteiger partial charge < -0.3 is 53.8 Å². The Kier molecular flexibility index (Phi) is 37.1. The van der Waals surface area contributed by atoms with E-state index in [0.29, 0.717) is 94.9 Å². The van der Waals surface area contributed by atoms with Crippen molar-refractivity contribution >= 4 is 115 Å². The maximum atomic E-state index is 13.8. The van der Waals surface area contributed by atoms with Crippen LogP contribution in [-0.4, -0.2) is 181 Å². The summed E-state index contributed by atoms with van der Waals surface area (Å²) in [5.41, 5.74) is 13.0. The Morgan fingerprint density at radius 1 is 0.443 bits per heavy atom. The minimum absolute atomic E-state index is 0. The summed E-state index contributed by atoms with van der Waals surface area (Å²) in [6.07, 6.45) is 11.1. The van der Waals surface area contributed by atoms with Gasteiger partial charge in [-0.1, -0.05) is 378 Å². The summed E-state index contributed by atoms with van der Waals surface area (Å²) >= 11 is 8.58. The standard InChI is InChI=1S/2C35H41N3O4Si.C34H41N3O4Si.C17H15ClOS.Na.H/c2*1-35(2,3)43(29-15-9-5-10-16-29,30-17-11-6-12-18-30)42-24-28-21-27(28)22-37-25-36-38-20-19-31(39)33(32(38)34(37)40)41-23-26-13-7-4-8-14-26;1-34(2,3)42(28-15-9-5-10-16-28,29-17-11-6-12-18-29)41-24-27-21-26(27)22-36-33(39)31-32(30(38)19-20-37(31)35)40-23-25-13-7-4-8-14-25;1-2-10-19-14-8-5-6-12-11-20-15-9-4-3-7-13(15)17(18)16(12)14;;/h2*4-20,27-28,32-33,36H,21-25H2,1-3H3;4-20,26-27,31-32H,21-24,35H2,1-3H3,(H,36,39);2-9,17H,1,10-11H2;;/q;;;;+1;-1. The van der Waals surface area contributed by atoms with Crippen molar-refractivity contribution in [1.82, 2.24) is 41.0 Å². The van der Waals surface area contributed by atoms with Gasteiger partial charge in [-0.3, -0.25) is 38.8 Å². The average Bonchev–Trinajstić information content (AvgIpc) is 1.67. The molecule has 11 aromatic rings. The number of fused-ring (bicyclic) bond motifs is 4. The van der Waals surface area contributed by atoms with Gasteiger partial charge in [-0.05, 0) is 141 Å². The molecule has 28 heteroatoms. The van der Waals surface area contributed by atoms with Gasteiger partial charge in [0.15, 0.2) is 53.8 Å². The zero-order valence-electron chi connectivity index (χ0n) is 88.0. The third-order valence-electron chi connectivity index (χ3n) is 29.7. The molecule has 13 unspecified atom stereocenters. The predicted octanol–water partition coefficient (Wildman–Crippen LogP) is 13.6. The zero-order valence-corrected chi connectivity index (χ0v) is 93.6. The smallest absolute Gasteiger partial charge is 1.00 e. The van der Waals surface area contributed by atoms with Crippen LogP contribution in [0.1, 0.15) is 122 Å². The van der Waals surface area contributed by atoms with Gasteiger partial charge in [-0.15, -0.1) is 23.4 Å². The monoisotopic (exact) mass is 2100 g/mol. The molecule has 6 aliphatic heterocycles. The first kappa shape index (κ1) is 111. The molecule has 149 heavy (non-hydrogen) atoms. The number of hydrogen-bond donors (Lipinski definition) is 4. The second kappa shape index (κ2) is 50.0. The number of nitrogens with one attached hydrogen (secondary N) is 3. The van der Waals surface area contributed by atoms with E-state index in [0.717, 1.165) is 58.6 Å². The number of hydrogen-bond acceptors (Lipinski definition) is 20. The molecule has 3 aliphatic carbocycles. The Labute approximate surface area is 914 Å². The van der Waals surface area contributed by atoms with Gasteiger partial charge in [0, 0.05) is 92.5 Å². The van der Waals surface area contributed by atoms with Gasteiger partial charge >= 0.3 is 29.6 Å². The van der Waals surface area contributed by atoms with E-state index in [9.17, 15) is 28.8 Å². The maximum absolute atomic E-state index is 13.8. The molecule has 20 rings (SSSR count). The van der Waals surface area contributed by atoms with Crippen molar-refractivity contribution in [3.63, 3.8) is 0 Å². The minimum atomic E-state index is -2.61. The molecule has 772 valence electrons. The van der Waals surface area contributed by atoms with Crippen LogP contribution in [0.15, 0.2) is 370 Å². The molecule has 13 atom stereocenters. The average molecular weight is 2100 g/mol. The fraction of sp³-hybridized carbons (Fsp3) is 0.339. The Morgan fingerprint density at radius 3 is 1.15 bits per heavy atom. The second-order valence-corrected chi connectivity index (χ2v) is 57.1. The van der Waals surface area contributed by atoms with E-state index in [4.69, 9.17) is 49.7 Å². The predicted molar refractivity (Wildman–Crippen MR) is 593 cm³/mol. The Bertz CT molecular complexity index is 6100. The molecule has 0 aromatic heterocycles. The van der Waals surface area contributed by atoms with Gasteiger partial charge in [0.25, 0.3) is 36.8 Å². The van der Waals surface area contributed by atoms with Gasteiger partial charge in [-0.2, -0.15) is 0 Å². The molecule has 22 nitrogen and oxygen atoms in total. The van der Waals surface area contributed by atoms with Crippen molar-refractivity contribution in [2.24, 2.45) is 41.4 Å². The Morgan fingerprint density at radius 2 is 0.779 bits per heavy atom. The second-order valence-electron chi connectivity index (χ2n) is 42.7. The molecule has 0 radical (unpaired) electrons.